The maximum atomic E-state index is 12.8. The average Bonchev–Trinajstić information content (AvgIpc) is 2.90. The van der Waals surface area contributed by atoms with E-state index in [1.54, 1.807) is 19.2 Å². The van der Waals surface area contributed by atoms with Crippen molar-refractivity contribution < 1.29 is 8.42 Å². The van der Waals surface area contributed by atoms with Crippen molar-refractivity contribution in [1.29, 1.82) is 0 Å². The van der Waals surface area contributed by atoms with Gasteiger partial charge in [0.15, 0.2) is 0 Å². The third kappa shape index (κ3) is 2.41. The van der Waals surface area contributed by atoms with Gasteiger partial charge in [-0.05, 0) is 24.6 Å². The molecule has 0 atom stereocenters. The van der Waals surface area contributed by atoms with Crippen LogP contribution in [0.3, 0.4) is 0 Å². The molecule has 112 valence electrons. The Kier molecular flexibility index (Phi) is 3.43. The second-order valence-corrected chi connectivity index (χ2v) is 7.33. The molecule has 3 rings (SSSR count). The molecular formula is C13H15ClN4O2S. The van der Waals surface area contributed by atoms with Crippen molar-refractivity contribution in [2.75, 3.05) is 12.3 Å². The summed E-state index contributed by atoms with van der Waals surface area (Å²) in [6, 6.07) is 3.00. The van der Waals surface area contributed by atoms with E-state index in [0.717, 1.165) is 5.82 Å². The zero-order valence-electron chi connectivity index (χ0n) is 11.5. The van der Waals surface area contributed by atoms with E-state index in [2.05, 4.69) is 4.98 Å². The number of nitrogens with zero attached hydrogens (tertiary/aromatic N) is 3. The van der Waals surface area contributed by atoms with Gasteiger partial charge in [0.05, 0.1) is 22.2 Å². The summed E-state index contributed by atoms with van der Waals surface area (Å²) >= 11 is 5.93. The third-order valence-electron chi connectivity index (χ3n) is 3.62. The van der Waals surface area contributed by atoms with Crippen LogP contribution in [0.1, 0.15) is 11.4 Å². The first-order valence-electron chi connectivity index (χ1n) is 6.45. The number of sulfonamides is 1. The number of imidazole rings is 1. The second kappa shape index (κ2) is 5.01. The zero-order chi connectivity index (χ0) is 15.2. The number of aryl methyl sites for hydroxylation is 1. The van der Waals surface area contributed by atoms with E-state index in [0.29, 0.717) is 23.7 Å². The quantitative estimate of drug-likeness (QED) is 0.850. The van der Waals surface area contributed by atoms with Gasteiger partial charge in [-0.25, -0.2) is 13.4 Å². The largest absolute Gasteiger partial charge is 0.397 e. The Balaban J connectivity index is 2.00. The normalized spacial score (nSPS) is 15.9. The van der Waals surface area contributed by atoms with Crippen molar-refractivity contribution in [2.45, 2.75) is 24.9 Å². The highest BCUT2D eigenvalue weighted by molar-refractivity contribution is 7.89. The first-order valence-corrected chi connectivity index (χ1v) is 8.27. The standard InChI is InChI=1S/C13H15ClN4O2S/c1-9-6-10(14)11(15)7-12(9)21(19,20)18-5-4-17-3-2-16-13(17)8-18/h2-3,6-7H,4-5,8,15H2,1H3. The minimum Gasteiger partial charge on any atom is -0.397 e. The molecule has 0 aliphatic carbocycles. The molecule has 1 aliphatic rings. The van der Waals surface area contributed by atoms with Gasteiger partial charge in [-0.3, -0.25) is 0 Å². The van der Waals surface area contributed by atoms with Crippen LogP contribution in [0.25, 0.3) is 0 Å². The Hall–Kier alpha value is -1.57. The molecule has 2 heterocycles. The number of hydrogen-bond donors (Lipinski definition) is 1. The number of hydrogen-bond acceptors (Lipinski definition) is 4. The summed E-state index contributed by atoms with van der Waals surface area (Å²) in [6.45, 7) is 2.98. The van der Waals surface area contributed by atoms with Crippen LogP contribution in [0.5, 0.6) is 0 Å². The highest BCUT2D eigenvalue weighted by Crippen LogP contribution is 2.29. The molecule has 8 heteroatoms. The van der Waals surface area contributed by atoms with E-state index >= 15 is 0 Å². The van der Waals surface area contributed by atoms with Crippen molar-refractivity contribution in [1.82, 2.24) is 13.9 Å². The lowest BCUT2D eigenvalue weighted by molar-refractivity contribution is 0.335. The summed E-state index contributed by atoms with van der Waals surface area (Å²) in [5, 5.41) is 0.362. The van der Waals surface area contributed by atoms with Gasteiger partial charge in [0.2, 0.25) is 10.0 Å². The summed E-state index contributed by atoms with van der Waals surface area (Å²) in [5.74, 6) is 0.740. The van der Waals surface area contributed by atoms with E-state index in [1.165, 1.54) is 10.4 Å². The molecule has 0 saturated heterocycles. The van der Waals surface area contributed by atoms with Crippen molar-refractivity contribution in [3.05, 3.63) is 40.9 Å². The fourth-order valence-electron chi connectivity index (χ4n) is 2.44. The van der Waals surface area contributed by atoms with Gasteiger partial charge in [-0.2, -0.15) is 4.31 Å². The Bertz CT molecular complexity index is 800. The van der Waals surface area contributed by atoms with Gasteiger partial charge in [0.1, 0.15) is 5.82 Å². The molecule has 1 aromatic heterocycles. The number of nitrogens with two attached hydrogens (primary N) is 1. The maximum Gasteiger partial charge on any atom is 0.243 e. The highest BCUT2D eigenvalue weighted by atomic mass is 35.5. The lowest BCUT2D eigenvalue weighted by Gasteiger charge is -2.27. The highest BCUT2D eigenvalue weighted by Gasteiger charge is 2.30. The van der Waals surface area contributed by atoms with Crippen LogP contribution in [-0.4, -0.2) is 28.8 Å². The summed E-state index contributed by atoms with van der Waals surface area (Å²) < 4.78 is 29.0. The number of halogens is 1. The zero-order valence-corrected chi connectivity index (χ0v) is 13.0. The number of rotatable bonds is 2. The van der Waals surface area contributed by atoms with Crippen LogP contribution in [0.2, 0.25) is 5.02 Å². The Morgan fingerprint density at radius 2 is 2.10 bits per heavy atom. The molecule has 0 radical (unpaired) electrons. The molecule has 1 aliphatic heterocycles. The molecule has 0 saturated carbocycles. The predicted molar refractivity (Wildman–Crippen MR) is 80.4 cm³/mol. The fraction of sp³-hybridized carbons (Fsp3) is 0.308. The van der Waals surface area contributed by atoms with Gasteiger partial charge in [0.25, 0.3) is 0 Å². The molecule has 0 bridgehead atoms. The van der Waals surface area contributed by atoms with Crippen molar-refractivity contribution in [2.24, 2.45) is 0 Å². The van der Waals surface area contributed by atoms with Crippen LogP contribution in [0, 0.1) is 6.92 Å². The summed E-state index contributed by atoms with van der Waals surface area (Å²) in [7, 11) is -3.61. The number of aromatic nitrogens is 2. The van der Waals surface area contributed by atoms with Crippen molar-refractivity contribution in [3.63, 3.8) is 0 Å². The fourth-order valence-corrected chi connectivity index (χ4v) is 4.29. The smallest absolute Gasteiger partial charge is 0.243 e. The molecule has 0 spiro atoms. The van der Waals surface area contributed by atoms with Crippen LogP contribution < -0.4 is 5.73 Å². The molecule has 21 heavy (non-hydrogen) atoms. The molecule has 1 aromatic carbocycles. The molecule has 0 amide bonds. The first kappa shape index (κ1) is 14.4. The minimum absolute atomic E-state index is 0.199. The number of fused-ring (bicyclic) bond motifs is 1. The topological polar surface area (TPSA) is 81.2 Å². The van der Waals surface area contributed by atoms with Crippen LogP contribution in [0.4, 0.5) is 5.69 Å². The van der Waals surface area contributed by atoms with E-state index < -0.39 is 10.0 Å². The first-order chi connectivity index (χ1) is 9.89. The van der Waals surface area contributed by atoms with E-state index in [-0.39, 0.29) is 17.1 Å². The minimum atomic E-state index is -3.61. The van der Waals surface area contributed by atoms with Crippen LogP contribution in [0.15, 0.2) is 29.4 Å². The molecule has 2 N–H and O–H groups in total. The van der Waals surface area contributed by atoms with Gasteiger partial charge in [-0.15, -0.1) is 0 Å². The summed E-state index contributed by atoms with van der Waals surface area (Å²) in [4.78, 5) is 4.38. The van der Waals surface area contributed by atoms with Gasteiger partial charge in [0, 0.05) is 25.5 Å². The van der Waals surface area contributed by atoms with Crippen molar-refractivity contribution >= 4 is 27.3 Å². The lowest BCUT2D eigenvalue weighted by Crippen LogP contribution is -2.38. The monoisotopic (exact) mass is 326 g/mol. The van der Waals surface area contributed by atoms with Gasteiger partial charge in [-0.1, -0.05) is 11.6 Å². The molecule has 6 nitrogen and oxygen atoms in total. The molecule has 0 fully saturated rings. The third-order valence-corrected chi connectivity index (χ3v) is 5.94. The average molecular weight is 327 g/mol. The SMILES string of the molecule is Cc1cc(Cl)c(N)cc1S(=O)(=O)N1CCn2ccnc2C1. The second-order valence-electron chi connectivity index (χ2n) is 5.01. The van der Waals surface area contributed by atoms with E-state index in [4.69, 9.17) is 17.3 Å². The molecule has 0 unspecified atom stereocenters. The summed E-state index contributed by atoms with van der Waals surface area (Å²) in [5.41, 5.74) is 6.59. The molecule has 2 aromatic rings. The summed E-state index contributed by atoms with van der Waals surface area (Å²) in [6.07, 6.45) is 3.53. The van der Waals surface area contributed by atoms with E-state index in [1.807, 2.05) is 10.8 Å². The number of nitrogen functional groups attached to an aromatic ring is 1. The Morgan fingerprint density at radius 3 is 2.86 bits per heavy atom. The van der Waals surface area contributed by atoms with Gasteiger partial charge < -0.3 is 10.3 Å². The number of anilines is 1. The van der Waals surface area contributed by atoms with Gasteiger partial charge >= 0.3 is 0 Å². The van der Waals surface area contributed by atoms with Crippen LogP contribution >= 0.6 is 11.6 Å². The molecular weight excluding hydrogens is 312 g/mol. The number of benzene rings is 1. The Labute approximate surface area is 128 Å². The van der Waals surface area contributed by atoms with Crippen LogP contribution in [-0.2, 0) is 23.1 Å². The maximum absolute atomic E-state index is 12.8. The predicted octanol–water partition coefficient (Wildman–Crippen LogP) is 1.63. The Morgan fingerprint density at radius 1 is 1.33 bits per heavy atom. The lowest BCUT2D eigenvalue weighted by atomic mass is 10.2. The van der Waals surface area contributed by atoms with Crippen molar-refractivity contribution in [3.8, 4) is 0 Å². The van der Waals surface area contributed by atoms with E-state index in [9.17, 15) is 8.42 Å².